The number of halogens is 1. The summed E-state index contributed by atoms with van der Waals surface area (Å²) >= 11 is 4.92. The Kier molecular flexibility index (Phi) is 4.53. The lowest BCUT2D eigenvalue weighted by Gasteiger charge is -2.09. The molecule has 0 saturated heterocycles. The first-order valence-electron chi connectivity index (χ1n) is 3.95. The highest BCUT2D eigenvalue weighted by atomic mass is 79.9. The molecule has 0 aliphatic carbocycles. The Morgan fingerprint density at radius 2 is 2.43 bits per heavy atom. The van der Waals surface area contributed by atoms with Gasteiger partial charge < -0.3 is 16.2 Å². The molecule has 0 aliphatic heterocycles. The molecule has 1 heterocycles. The molecule has 0 radical (unpaired) electrons. The molecule has 0 saturated carbocycles. The third-order valence-corrected chi connectivity index (χ3v) is 3.53. The number of rotatable bonds is 5. The number of amides is 1. The van der Waals surface area contributed by atoms with Crippen molar-refractivity contribution in [3.05, 3.63) is 20.8 Å². The van der Waals surface area contributed by atoms with E-state index in [0.29, 0.717) is 6.61 Å². The van der Waals surface area contributed by atoms with Gasteiger partial charge in [0.25, 0.3) is 0 Å². The molecular weight excluding hydrogens is 268 g/mol. The standard InChI is InChI=1S/C8H11BrN2O2S/c9-5-1-2-14-8(5)6(10)3-13-4-7(11)12/h1-2,6H,3-4,10H2,(H2,11,12). The SMILES string of the molecule is NC(=O)COCC(N)c1sccc1Br. The van der Waals surface area contributed by atoms with E-state index in [0.717, 1.165) is 9.35 Å². The van der Waals surface area contributed by atoms with Gasteiger partial charge in [0.15, 0.2) is 0 Å². The van der Waals surface area contributed by atoms with Crippen LogP contribution in [0.1, 0.15) is 10.9 Å². The highest BCUT2D eigenvalue weighted by Gasteiger charge is 2.11. The summed E-state index contributed by atoms with van der Waals surface area (Å²) in [4.78, 5) is 11.4. The fourth-order valence-electron chi connectivity index (χ4n) is 0.932. The minimum atomic E-state index is -0.484. The highest BCUT2D eigenvalue weighted by molar-refractivity contribution is 9.10. The van der Waals surface area contributed by atoms with Crippen molar-refractivity contribution < 1.29 is 9.53 Å². The van der Waals surface area contributed by atoms with Gasteiger partial charge in [-0.05, 0) is 27.4 Å². The third kappa shape index (κ3) is 3.38. The molecule has 4 nitrogen and oxygen atoms in total. The number of primary amides is 1. The lowest BCUT2D eigenvalue weighted by atomic mass is 10.3. The van der Waals surface area contributed by atoms with Crippen LogP contribution in [0, 0.1) is 0 Å². The second-order valence-corrected chi connectivity index (χ2v) is 4.52. The van der Waals surface area contributed by atoms with Crippen LogP contribution in [0.3, 0.4) is 0 Å². The lowest BCUT2D eigenvalue weighted by molar-refractivity contribution is -0.122. The van der Waals surface area contributed by atoms with Gasteiger partial charge in [0.2, 0.25) is 5.91 Å². The van der Waals surface area contributed by atoms with Crippen molar-refractivity contribution in [2.75, 3.05) is 13.2 Å². The molecule has 1 aromatic heterocycles. The summed E-state index contributed by atoms with van der Waals surface area (Å²) < 4.78 is 5.99. The minimum Gasteiger partial charge on any atom is -0.370 e. The Hall–Kier alpha value is -0.430. The van der Waals surface area contributed by atoms with E-state index in [-0.39, 0.29) is 12.6 Å². The van der Waals surface area contributed by atoms with E-state index in [2.05, 4.69) is 15.9 Å². The van der Waals surface area contributed by atoms with Gasteiger partial charge in [-0.3, -0.25) is 4.79 Å². The van der Waals surface area contributed by atoms with E-state index >= 15 is 0 Å². The molecule has 1 unspecified atom stereocenters. The van der Waals surface area contributed by atoms with E-state index in [1.807, 2.05) is 11.4 Å². The molecular formula is C8H11BrN2O2S. The molecule has 1 rings (SSSR count). The van der Waals surface area contributed by atoms with Gasteiger partial charge in [-0.15, -0.1) is 11.3 Å². The molecule has 1 aromatic rings. The predicted molar refractivity (Wildman–Crippen MR) is 59.0 cm³/mol. The van der Waals surface area contributed by atoms with Crippen LogP contribution < -0.4 is 11.5 Å². The smallest absolute Gasteiger partial charge is 0.243 e. The second-order valence-electron chi connectivity index (χ2n) is 2.72. The molecule has 0 spiro atoms. The zero-order chi connectivity index (χ0) is 10.6. The maximum Gasteiger partial charge on any atom is 0.243 e. The lowest BCUT2D eigenvalue weighted by Crippen LogP contribution is -2.23. The maximum atomic E-state index is 10.4. The Balaban J connectivity index is 2.39. The van der Waals surface area contributed by atoms with Crippen molar-refractivity contribution >= 4 is 33.2 Å². The molecule has 78 valence electrons. The highest BCUT2D eigenvalue weighted by Crippen LogP contribution is 2.27. The molecule has 0 fully saturated rings. The molecule has 1 amide bonds. The molecule has 0 aromatic carbocycles. The summed E-state index contributed by atoms with van der Waals surface area (Å²) in [7, 11) is 0. The Bertz CT molecular complexity index is 316. The fraction of sp³-hybridized carbons (Fsp3) is 0.375. The van der Waals surface area contributed by atoms with Crippen LogP contribution in [0.4, 0.5) is 0 Å². The third-order valence-electron chi connectivity index (χ3n) is 1.52. The van der Waals surface area contributed by atoms with Crippen molar-refractivity contribution in [1.82, 2.24) is 0 Å². The second kappa shape index (κ2) is 5.45. The van der Waals surface area contributed by atoms with Gasteiger partial charge >= 0.3 is 0 Å². The number of carbonyl (C=O) groups excluding carboxylic acids is 1. The van der Waals surface area contributed by atoms with E-state index in [9.17, 15) is 4.79 Å². The van der Waals surface area contributed by atoms with Gasteiger partial charge in [-0.2, -0.15) is 0 Å². The quantitative estimate of drug-likeness (QED) is 0.844. The first-order chi connectivity index (χ1) is 6.61. The summed E-state index contributed by atoms with van der Waals surface area (Å²) in [6.45, 7) is 0.207. The van der Waals surface area contributed by atoms with Gasteiger partial charge in [0.05, 0.1) is 12.6 Å². The molecule has 1 atom stereocenters. The Morgan fingerprint density at radius 1 is 1.71 bits per heavy atom. The van der Waals surface area contributed by atoms with Crippen LogP contribution in [-0.4, -0.2) is 19.1 Å². The van der Waals surface area contributed by atoms with Crippen molar-refractivity contribution in [3.63, 3.8) is 0 Å². The monoisotopic (exact) mass is 278 g/mol. The van der Waals surface area contributed by atoms with Gasteiger partial charge in [0.1, 0.15) is 6.61 Å². The van der Waals surface area contributed by atoms with E-state index in [1.165, 1.54) is 0 Å². The largest absolute Gasteiger partial charge is 0.370 e. The predicted octanol–water partition coefficient (Wildman–Crippen LogP) is 1.01. The van der Waals surface area contributed by atoms with Crippen LogP contribution >= 0.6 is 27.3 Å². The number of hydrogen-bond donors (Lipinski definition) is 2. The minimum absolute atomic E-state index is 0.0866. The Labute approximate surface area is 94.4 Å². The van der Waals surface area contributed by atoms with Crippen LogP contribution in [0.15, 0.2) is 15.9 Å². The summed E-state index contributed by atoms with van der Waals surface area (Å²) in [5, 5.41) is 1.94. The van der Waals surface area contributed by atoms with Crippen LogP contribution in [0.25, 0.3) is 0 Å². The molecule has 0 bridgehead atoms. The number of thiophene rings is 1. The normalized spacial score (nSPS) is 12.7. The maximum absolute atomic E-state index is 10.4. The van der Waals surface area contributed by atoms with E-state index in [4.69, 9.17) is 16.2 Å². The molecule has 4 N–H and O–H groups in total. The van der Waals surface area contributed by atoms with E-state index in [1.54, 1.807) is 11.3 Å². The van der Waals surface area contributed by atoms with Crippen molar-refractivity contribution in [2.24, 2.45) is 11.5 Å². The fourth-order valence-corrected chi connectivity index (χ4v) is 2.59. The summed E-state index contributed by atoms with van der Waals surface area (Å²) in [5.74, 6) is -0.484. The van der Waals surface area contributed by atoms with Crippen LogP contribution in [-0.2, 0) is 9.53 Å². The average molecular weight is 279 g/mol. The number of carbonyl (C=O) groups is 1. The summed E-state index contributed by atoms with van der Waals surface area (Å²) in [6.07, 6.45) is 0. The molecule has 0 aliphatic rings. The van der Waals surface area contributed by atoms with Crippen LogP contribution in [0.5, 0.6) is 0 Å². The summed E-state index contributed by atoms with van der Waals surface area (Å²) in [6, 6.07) is 1.71. The van der Waals surface area contributed by atoms with Gasteiger partial charge in [0, 0.05) is 9.35 Å². The van der Waals surface area contributed by atoms with Crippen molar-refractivity contribution in [2.45, 2.75) is 6.04 Å². The zero-order valence-electron chi connectivity index (χ0n) is 7.40. The number of nitrogens with two attached hydrogens (primary N) is 2. The number of ether oxygens (including phenoxy) is 1. The van der Waals surface area contributed by atoms with Crippen molar-refractivity contribution in [3.8, 4) is 0 Å². The first kappa shape index (κ1) is 11.6. The van der Waals surface area contributed by atoms with Gasteiger partial charge in [-0.25, -0.2) is 0 Å². The van der Waals surface area contributed by atoms with Crippen LogP contribution in [0.2, 0.25) is 0 Å². The first-order valence-corrected chi connectivity index (χ1v) is 5.63. The average Bonchev–Trinajstić information content (AvgIpc) is 2.50. The summed E-state index contributed by atoms with van der Waals surface area (Å²) in [5.41, 5.74) is 10.7. The Morgan fingerprint density at radius 3 is 2.93 bits per heavy atom. The number of hydrogen-bond acceptors (Lipinski definition) is 4. The zero-order valence-corrected chi connectivity index (χ0v) is 9.81. The molecule has 14 heavy (non-hydrogen) atoms. The van der Waals surface area contributed by atoms with Gasteiger partial charge in [-0.1, -0.05) is 0 Å². The topological polar surface area (TPSA) is 78.3 Å². The van der Waals surface area contributed by atoms with E-state index < -0.39 is 5.91 Å². The molecule has 6 heteroatoms. The van der Waals surface area contributed by atoms with Crippen molar-refractivity contribution in [1.29, 1.82) is 0 Å².